The van der Waals surface area contributed by atoms with Crippen molar-refractivity contribution in [2.75, 3.05) is 26.2 Å². The highest BCUT2D eigenvalue weighted by Gasteiger charge is 2.46. The SMILES string of the molecule is Cc1nc(CN2C[C@@H]3CN(CC4CC4)C[C@H]3C2=O)cs1. The Balaban J connectivity index is 1.37. The fourth-order valence-corrected chi connectivity index (χ4v) is 4.27. The second kappa shape index (κ2) is 4.81. The van der Waals surface area contributed by atoms with Gasteiger partial charge < -0.3 is 9.80 Å². The smallest absolute Gasteiger partial charge is 0.227 e. The largest absolute Gasteiger partial charge is 0.336 e. The molecule has 2 atom stereocenters. The molecule has 5 heteroatoms. The van der Waals surface area contributed by atoms with Gasteiger partial charge in [-0.15, -0.1) is 11.3 Å². The minimum Gasteiger partial charge on any atom is -0.336 e. The molecule has 1 aliphatic carbocycles. The summed E-state index contributed by atoms with van der Waals surface area (Å²) in [5.41, 5.74) is 1.05. The molecule has 3 fully saturated rings. The lowest BCUT2D eigenvalue weighted by atomic mass is 10.0. The number of aromatic nitrogens is 1. The van der Waals surface area contributed by atoms with Crippen molar-refractivity contribution in [2.45, 2.75) is 26.3 Å². The van der Waals surface area contributed by atoms with Crippen LogP contribution < -0.4 is 0 Å². The molecule has 3 heterocycles. The Morgan fingerprint density at radius 2 is 2.20 bits per heavy atom. The van der Waals surface area contributed by atoms with Gasteiger partial charge in [0.2, 0.25) is 5.91 Å². The lowest BCUT2D eigenvalue weighted by Crippen LogP contribution is -2.33. The number of carbonyl (C=O) groups is 1. The number of hydrogen-bond donors (Lipinski definition) is 0. The molecule has 1 aromatic heterocycles. The maximum absolute atomic E-state index is 12.5. The van der Waals surface area contributed by atoms with E-state index in [-0.39, 0.29) is 5.92 Å². The summed E-state index contributed by atoms with van der Waals surface area (Å²) >= 11 is 1.67. The molecule has 20 heavy (non-hydrogen) atoms. The van der Waals surface area contributed by atoms with Crippen molar-refractivity contribution in [3.63, 3.8) is 0 Å². The van der Waals surface area contributed by atoms with Crippen molar-refractivity contribution in [1.82, 2.24) is 14.8 Å². The summed E-state index contributed by atoms with van der Waals surface area (Å²) in [7, 11) is 0. The van der Waals surface area contributed by atoms with Crippen LogP contribution in [-0.4, -0.2) is 46.9 Å². The number of amides is 1. The van der Waals surface area contributed by atoms with Crippen LogP contribution >= 0.6 is 11.3 Å². The van der Waals surface area contributed by atoms with Crippen molar-refractivity contribution in [3.8, 4) is 0 Å². The van der Waals surface area contributed by atoms with Gasteiger partial charge in [-0.05, 0) is 25.7 Å². The van der Waals surface area contributed by atoms with Gasteiger partial charge in [0.05, 0.1) is 23.2 Å². The summed E-state index contributed by atoms with van der Waals surface area (Å²) in [5, 5.41) is 3.17. The first-order valence-corrected chi connectivity index (χ1v) is 8.49. The van der Waals surface area contributed by atoms with Crippen molar-refractivity contribution < 1.29 is 4.79 Å². The van der Waals surface area contributed by atoms with Crippen LogP contribution in [0.2, 0.25) is 0 Å². The first kappa shape index (κ1) is 12.8. The Morgan fingerprint density at radius 3 is 2.85 bits per heavy atom. The Labute approximate surface area is 123 Å². The molecule has 1 amide bonds. The molecule has 1 saturated carbocycles. The highest BCUT2D eigenvalue weighted by Crippen LogP contribution is 2.36. The van der Waals surface area contributed by atoms with E-state index in [0.717, 1.165) is 36.3 Å². The van der Waals surface area contributed by atoms with Crippen molar-refractivity contribution in [2.24, 2.45) is 17.8 Å². The van der Waals surface area contributed by atoms with Crippen LogP contribution in [0.3, 0.4) is 0 Å². The van der Waals surface area contributed by atoms with Crippen LogP contribution in [0.15, 0.2) is 5.38 Å². The summed E-state index contributed by atoms with van der Waals surface area (Å²) in [6, 6.07) is 0. The Morgan fingerprint density at radius 1 is 1.35 bits per heavy atom. The van der Waals surface area contributed by atoms with E-state index in [2.05, 4.69) is 15.3 Å². The number of likely N-dealkylation sites (tertiary alicyclic amines) is 2. The van der Waals surface area contributed by atoms with Crippen LogP contribution in [0, 0.1) is 24.7 Å². The van der Waals surface area contributed by atoms with E-state index >= 15 is 0 Å². The summed E-state index contributed by atoms with van der Waals surface area (Å²) in [5.74, 6) is 2.10. The van der Waals surface area contributed by atoms with E-state index in [4.69, 9.17) is 0 Å². The zero-order valence-electron chi connectivity index (χ0n) is 11.9. The van der Waals surface area contributed by atoms with Crippen molar-refractivity contribution in [1.29, 1.82) is 0 Å². The molecule has 0 spiro atoms. The minimum absolute atomic E-state index is 0.258. The standard InChI is InChI=1S/C15H21N3OS/c1-10-16-13(9-20-10)7-18-6-12-5-17(4-11-2-3-11)8-14(12)15(18)19/h9,11-12,14H,2-8H2,1H3/t12-,14+/m0/s1. The van der Waals surface area contributed by atoms with Gasteiger partial charge in [0.25, 0.3) is 0 Å². The van der Waals surface area contributed by atoms with E-state index in [9.17, 15) is 4.79 Å². The van der Waals surface area contributed by atoms with Crippen LogP contribution in [0.25, 0.3) is 0 Å². The molecule has 4 nitrogen and oxygen atoms in total. The van der Waals surface area contributed by atoms with Gasteiger partial charge in [-0.2, -0.15) is 0 Å². The Bertz CT molecular complexity index is 525. The van der Waals surface area contributed by atoms with Gasteiger partial charge in [-0.3, -0.25) is 4.79 Å². The monoisotopic (exact) mass is 291 g/mol. The lowest BCUT2D eigenvalue weighted by molar-refractivity contribution is -0.131. The van der Waals surface area contributed by atoms with Crippen LogP contribution in [0.5, 0.6) is 0 Å². The van der Waals surface area contributed by atoms with E-state index in [0.29, 0.717) is 18.4 Å². The summed E-state index contributed by atoms with van der Waals surface area (Å²) < 4.78 is 0. The number of fused-ring (bicyclic) bond motifs is 1. The summed E-state index contributed by atoms with van der Waals surface area (Å²) in [6.45, 7) is 7.00. The molecule has 0 radical (unpaired) electrons. The van der Waals surface area contributed by atoms with Crippen LogP contribution in [-0.2, 0) is 11.3 Å². The van der Waals surface area contributed by atoms with Crippen LogP contribution in [0.1, 0.15) is 23.5 Å². The molecular weight excluding hydrogens is 270 g/mol. The molecule has 4 rings (SSSR count). The van der Waals surface area contributed by atoms with Crippen molar-refractivity contribution >= 4 is 17.2 Å². The zero-order chi connectivity index (χ0) is 13.7. The van der Waals surface area contributed by atoms with Gasteiger partial charge in [-0.25, -0.2) is 4.98 Å². The third-order valence-electron chi connectivity index (χ3n) is 4.83. The molecule has 108 valence electrons. The average Bonchev–Trinajstić information content (AvgIpc) is 2.88. The van der Waals surface area contributed by atoms with Crippen LogP contribution in [0.4, 0.5) is 0 Å². The predicted molar refractivity (Wildman–Crippen MR) is 78.4 cm³/mol. The topological polar surface area (TPSA) is 36.4 Å². The molecule has 2 saturated heterocycles. The van der Waals surface area contributed by atoms with E-state index < -0.39 is 0 Å². The molecule has 3 aliphatic rings. The minimum atomic E-state index is 0.258. The van der Waals surface area contributed by atoms with Gasteiger partial charge in [-0.1, -0.05) is 0 Å². The molecular formula is C15H21N3OS. The fraction of sp³-hybridized carbons (Fsp3) is 0.733. The second-order valence-electron chi connectivity index (χ2n) is 6.61. The predicted octanol–water partition coefficient (Wildman–Crippen LogP) is 1.75. The third-order valence-corrected chi connectivity index (χ3v) is 5.66. The maximum atomic E-state index is 12.5. The first-order valence-electron chi connectivity index (χ1n) is 7.61. The summed E-state index contributed by atoms with van der Waals surface area (Å²) in [4.78, 5) is 21.5. The highest BCUT2D eigenvalue weighted by atomic mass is 32.1. The zero-order valence-corrected chi connectivity index (χ0v) is 12.7. The molecule has 0 bridgehead atoms. The first-order chi connectivity index (χ1) is 9.69. The van der Waals surface area contributed by atoms with Gasteiger partial charge in [0, 0.05) is 37.5 Å². The Hall–Kier alpha value is -0.940. The molecule has 1 aromatic rings. The number of thiazole rings is 1. The van der Waals surface area contributed by atoms with Crippen molar-refractivity contribution in [3.05, 3.63) is 16.1 Å². The highest BCUT2D eigenvalue weighted by molar-refractivity contribution is 7.09. The number of aryl methyl sites for hydroxylation is 1. The molecule has 0 unspecified atom stereocenters. The number of nitrogens with zero attached hydrogens (tertiary/aromatic N) is 3. The van der Waals surface area contributed by atoms with Gasteiger partial charge >= 0.3 is 0 Å². The van der Waals surface area contributed by atoms with E-state index in [1.54, 1.807) is 11.3 Å². The average molecular weight is 291 g/mol. The second-order valence-corrected chi connectivity index (χ2v) is 7.67. The molecule has 2 aliphatic heterocycles. The quantitative estimate of drug-likeness (QED) is 0.848. The fourth-order valence-electron chi connectivity index (χ4n) is 3.67. The third kappa shape index (κ3) is 2.37. The summed E-state index contributed by atoms with van der Waals surface area (Å²) in [6.07, 6.45) is 2.80. The molecule has 0 aromatic carbocycles. The number of rotatable bonds is 4. The maximum Gasteiger partial charge on any atom is 0.227 e. The van der Waals surface area contributed by atoms with Gasteiger partial charge in [0.15, 0.2) is 0 Å². The molecule has 0 N–H and O–H groups in total. The normalized spacial score (nSPS) is 30.2. The van der Waals surface area contributed by atoms with E-state index in [1.807, 2.05) is 11.8 Å². The number of hydrogen-bond acceptors (Lipinski definition) is 4. The van der Waals surface area contributed by atoms with Gasteiger partial charge in [0.1, 0.15) is 0 Å². The Kier molecular flexibility index (Phi) is 3.07. The number of carbonyl (C=O) groups excluding carboxylic acids is 1. The lowest BCUT2D eigenvalue weighted by Gasteiger charge is -2.20. The van der Waals surface area contributed by atoms with E-state index in [1.165, 1.54) is 19.4 Å².